The molecule has 4 nitrogen and oxygen atoms in total. The molecule has 1 aliphatic heterocycles. The number of hydrogen-bond donors (Lipinski definition) is 2. The normalized spacial score (nSPS) is 33.0. The molecule has 0 bridgehead atoms. The van der Waals surface area contributed by atoms with Gasteiger partial charge in [-0.3, -0.25) is 4.79 Å². The maximum atomic E-state index is 12.2. The second-order valence-electron chi connectivity index (χ2n) is 6.91. The third-order valence-corrected chi connectivity index (χ3v) is 5.24. The van der Waals surface area contributed by atoms with Crippen molar-refractivity contribution in [1.29, 1.82) is 0 Å². The number of rotatable bonds is 4. The van der Waals surface area contributed by atoms with Crippen LogP contribution in [-0.4, -0.2) is 43.0 Å². The van der Waals surface area contributed by atoms with Crippen molar-refractivity contribution in [3.8, 4) is 0 Å². The summed E-state index contributed by atoms with van der Waals surface area (Å²) >= 11 is 0. The first-order chi connectivity index (χ1) is 9.58. The molecule has 3 N–H and O–H groups in total. The largest absolute Gasteiger partial charge is 0.355 e. The first-order valence-electron chi connectivity index (χ1n) is 8.33. The number of carbonyl (C=O) groups is 1. The van der Waals surface area contributed by atoms with Crippen LogP contribution in [0, 0.1) is 17.8 Å². The second kappa shape index (κ2) is 7.41. The van der Waals surface area contributed by atoms with Crippen LogP contribution < -0.4 is 11.1 Å². The van der Waals surface area contributed by atoms with E-state index in [1.807, 2.05) is 0 Å². The fourth-order valence-corrected chi connectivity index (χ4v) is 3.50. The lowest BCUT2D eigenvalue weighted by molar-refractivity contribution is -0.127. The van der Waals surface area contributed by atoms with Crippen molar-refractivity contribution >= 4 is 5.91 Å². The molecule has 1 saturated carbocycles. The minimum absolute atomic E-state index is 0.0279. The van der Waals surface area contributed by atoms with E-state index in [4.69, 9.17) is 5.73 Å². The highest BCUT2D eigenvalue weighted by Crippen LogP contribution is 2.27. The molecule has 3 unspecified atom stereocenters. The van der Waals surface area contributed by atoms with Gasteiger partial charge in [0.2, 0.25) is 5.91 Å². The highest BCUT2D eigenvalue weighted by molar-refractivity contribution is 5.79. The van der Waals surface area contributed by atoms with E-state index in [9.17, 15) is 4.79 Å². The van der Waals surface area contributed by atoms with Crippen LogP contribution in [0.5, 0.6) is 0 Å². The van der Waals surface area contributed by atoms with Crippen molar-refractivity contribution < 1.29 is 4.79 Å². The van der Waals surface area contributed by atoms with E-state index < -0.39 is 0 Å². The van der Waals surface area contributed by atoms with E-state index in [-0.39, 0.29) is 17.9 Å². The van der Waals surface area contributed by atoms with Crippen molar-refractivity contribution in [2.45, 2.75) is 52.0 Å². The van der Waals surface area contributed by atoms with Crippen molar-refractivity contribution in [3.63, 3.8) is 0 Å². The predicted molar refractivity (Wildman–Crippen MR) is 82.3 cm³/mol. The summed E-state index contributed by atoms with van der Waals surface area (Å²) in [6, 6.07) is 0.0413. The lowest BCUT2D eigenvalue weighted by atomic mass is 9.78. The second-order valence-corrected chi connectivity index (χ2v) is 6.91. The standard InChI is InChI=1S/C16H31N3O/c1-12-6-9-19(10-7-12)11-8-18-16(20)14-5-3-4-13(2)15(14)17/h12-15H,3-11,17H2,1-2H3,(H,18,20). The van der Waals surface area contributed by atoms with Gasteiger partial charge < -0.3 is 16.0 Å². The fourth-order valence-electron chi connectivity index (χ4n) is 3.50. The molecular weight excluding hydrogens is 250 g/mol. The molecule has 1 saturated heterocycles. The summed E-state index contributed by atoms with van der Waals surface area (Å²) in [7, 11) is 0. The lowest BCUT2D eigenvalue weighted by Crippen LogP contribution is -2.48. The van der Waals surface area contributed by atoms with Gasteiger partial charge >= 0.3 is 0 Å². The number of hydrogen-bond acceptors (Lipinski definition) is 3. The SMILES string of the molecule is CC1CCN(CCNC(=O)C2CCCC(C)C2N)CC1. The van der Waals surface area contributed by atoms with Gasteiger partial charge in [-0.15, -0.1) is 0 Å². The summed E-state index contributed by atoms with van der Waals surface area (Å²) in [5.74, 6) is 1.54. The minimum atomic E-state index is 0.0279. The lowest BCUT2D eigenvalue weighted by Gasteiger charge is -2.33. The first-order valence-corrected chi connectivity index (χ1v) is 8.33. The molecule has 1 heterocycles. The van der Waals surface area contributed by atoms with Gasteiger partial charge in [0.15, 0.2) is 0 Å². The molecule has 3 atom stereocenters. The topological polar surface area (TPSA) is 58.4 Å². The molecule has 4 heteroatoms. The van der Waals surface area contributed by atoms with Crippen molar-refractivity contribution in [2.75, 3.05) is 26.2 Å². The Hall–Kier alpha value is -0.610. The Balaban J connectivity index is 1.67. The Labute approximate surface area is 123 Å². The average molecular weight is 281 g/mol. The first kappa shape index (κ1) is 15.8. The molecule has 116 valence electrons. The molecule has 0 spiro atoms. The van der Waals surface area contributed by atoms with Crippen molar-refractivity contribution in [1.82, 2.24) is 10.2 Å². The summed E-state index contributed by atoms with van der Waals surface area (Å²) < 4.78 is 0. The van der Waals surface area contributed by atoms with Gasteiger partial charge in [0.1, 0.15) is 0 Å². The molecular formula is C16H31N3O. The number of piperidine rings is 1. The summed E-state index contributed by atoms with van der Waals surface area (Å²) in [5, 5.41) is 3.10. The molecule has 1 aliphatic carbocycles. The van der Waals surface area contributed by atoms with Gasteiger partial charge in [-0.05, 0) is 50.6 Å². The fraction of sp³-hybridized carbons (Fsp3) is 0.938. The van der Waals surface area contributed by atoms with E-state index in [1.165, 1.54) is 25.9 Å². The number of nitrogens with two attached hydrogens (primary N) is 1. The molecule has 0 aromatic carbocycles. The van der Waals surface area contributed by atoms with Crippen LogP contribution in [0.4, 0.5) is 0 Å². The molecule has 0 radical (unpaired) electrons. The van der Waals surface area contributed by atoms with Crippen molar-refractivity contribution in [2.24, 2.45) is 23.5 Å². The van der Waals surface area contributed by atoms with E-state index in [0.717, 1.165) is 38.3 Å². The van der Waals surface area contributed by atoms with Gasteiger partial charge in [0.25, 0.3) is 0 Å². The molecule has 20 heavy (non-hydrogen) atoms. The molecule has 1 amide bonds. The maximum Gasteiger partial charge on any atom is 0.224 e. The Morgan fingerprint density at radius 3 is 2.60 bits per heavy atom. The highest BCUT2D eigenvalue weighted by Gasteiger charge is 2.32. The highest BCUT2D eigenvalue weighted by atomic mass is 16.1. The smallest absolute Gasteiger partial charge is 0.224 e. The summed E-state index contributed by atoms with van der Waals surface area (Å²) in [4.78, 5) is 14.7. The Morgan fingerprint density at radius 1 is 1.20 bits per heavy atom. The van der Waals surface area contributed by atoms with Crippen LogP contribution in [0.3, 0.4) is 0 Å². The van der Waals surface area contributed by atoms with Crippen LogP contribution in [0.1, 0.15) is 46.0 Å². The van der Waals surface area contributed by atoms with Crippen LogP contribution in [0.25, 0.3) is 0 Å². The average Bonchev–Trinajstić information content (AvgIpc) is 2.44. The van der Waals surface area contributed by atoms with Crippen LogP contribution in [0.15, 0.2) is 0 Å². The zero-order chi connectivity index (χ0) is 14.5. The zero-order valence-electron chi connectivity index (χ0n) is 13.1. The molecule has 0 aromatic heterocycles. The number of nitrogens with one attached hydrogen (secondary N) is 1. The number of nitrogens with zero attached hydrogens (tertiary/aromatic N) is 1. The minimum Gasteiger partial charge on any atom is -0.355 e. The number of amides is 1. The quantitative estimate of drug-likeness (QED) is 0.823. The molecule has 2 rings (SSSR count). The summed E-state index contributed by atoms with van der Waals surface area (Å²) in [5.41, 5.74) is 6.18. The van der Waals surface area contributed by atoms with Gasteiger partial charge in [-0.1, -0.05) is 20.3 Å². The van der Waals surface area contributed by atoms with E-state index in [2.05, 4.69) is 24.1 Å². The van der Waals surface area contributed by atoms with Crippen LogP contribution in [0.2, 0.25) is 0 Å². The monoisotopic (exact) mass is 281 g/mol. The third-order valence-electron chi connectivity index (χ3n) is 5.24. The van der Waals surface area contributed by atoms with Crippen LogP contribution >= 0.6 is 0 Å². The number of carbonyl (C=O) groups excluding carboxylic acids is 1. The van der Waals surface area contributed by atoms with Gasteiger partial charge in [0, 0.05) is 19.1 Å². The van der Waals surface area contributed by atoms with Gasteiger partial charge in [-0.25, -0.2) is 0 Å². The Bertz CT molecular complexity index is 313. The molecule has 2 fully saturated rings. The zero-order valence-corrected chi connectivity index (χ0v) is 13.1. The van der Waals surface area contributed by atoms with Gasteiger partial charge in [-0.2, -0.15) is 0 Å². The summed E-state index contributed by atoms with van der Waals surface area (Å²) in [6.45, 7) is 8.60. The predicted octanol–water partition coefficient (Wildman–Crippen LogP) is 1.60. The maximum absolute atomic E-state index is 12.2. The Morgan fingerprint density at radius 2 is 1.90 bits per heavy atom. The number of likely N-dealkylation sites (tertiary alicyclic amines) is 1. The summed E-state index contributed by atoms with van der Waals surface area (Å²) in [6.07, 6.45) is 5.84. The van der Waals surface area contributed by atoms with E-state index >= 15 is 0 Å². The molecule has 0 aromatic rings. The third kappa shape index (κ3) is 4.19. The van der Waals surface area contributed by atoms with E-state index in [0.29, 0.717) is 5.92 Å². The molecule has 2 aliphatic rings. The van der Waals surface area contributed by atoms with E-state index in [1.54, 1.807) is 0 Å². The van der Waals surface area contributed by atoms with Crippen LogP contribution in [-0.2, 0) is 4.79 Å². The van der Waals surface area contributed by atoms with Gasteiger partial charge in [0.05, 0.1) is 5.92 Å². The Kier molecular flexibility index (Phi) is 5.85. The van der Waals surface area contributed by atoms with Crippen molar-refractivity contribution in [3.05, 3.63) is 0 Å².